The SMILES string of the molecule is CC1C(/C=C(\C#N)c2ccccc2)C1C(=O)O. The minimum absolute atomic E-state index is 0.0117. The summed E-state index contributed by atoms with van der Waals surface area (Å²) in [6.07, 6.45) is 1.79. The standard InChI is InChI=1S/C14H13NO2/c1-9-12(13(9)14(16)17)7-11(8-15)10-5-3-2-4-6-10/h2-7,9,12-13H,1H3,(H,16,17)/b11-7+. The van der Waals surface area contributed by atoms with E-state index in [-0.39, 0.29) is 17.8 Å². The summed E-state index contributed by atoms with van der Waals surface area (Å²) in [4.78, 5) is 10.9. The summed E-state index contributed by atoms with van der Waals surface area (Å²) >= 11 is 0. The number of carboxylic acid groups (broad SMARTS) is 1. The molecule has 1 N–H and O–H groups in total. The van der Waals surface area contributed by atoms with E-state index in [9.17, 15) is 4.79 Å². The molecule has 0 amide bonds. The molecule has 0 spiro atoms. The van der Waals surface area contributed by atoms with Crippen molar-refractivity contribution < 1.29 is 9.90 Å². The first-order valence-electron chi connectivity index (χ1n) is 5.55. The summed E-state index contributed by atoms with van der Waals surface area (Å²) in [6, 6.07) is 11.5. The third-order valence-corrected chi connectivity index (χ3v) is 3.30. The van der Waals surface area contributed by atoms with Gasteiger partial charge in [-0.1, -0.05) is 43.3 Å². The first-order chi connectivity index (χ1) is 8.15. The number of aliphatic carboxylic acids is 1. The predicted octanol–water partition coefficient (Wildman–Crippen LogP) is 2.56. The Kier molecular flexibility index (Phi) is 2.97. The highest BCUT2D eigenvalue weighted by Crippen LogP contribution is 2.48. The summed E-state index contributed by atoms with van der Waals surface area (Å²) in [7, 11) is 0. The van der Waals surface area contributed by atoms with Crippen molar-refractivity contribution in [3.63, 3.8) is 0 Å². The number of nitrogens with zero attached hydrogens (tertiary/aromatic N) is 1. The smallest absolute Gasteiger partial charge is 0.307 e. The van der Waals surface area contributed by atoms with Gasteiger partial charge in [0, 0.05) is 0 Å². The molecule has 0 heterocycles. The maximum atomic E-state index is 10.9. The maximum absolute atomic E-state index is 10.9. The van der Waals surface area contributed by atoms with E-state index in [4.69, 9.17) is 10.4 Å². The summed E-state index contributed by atoms with van der Waals surface area (Å²) in [5.41, 5.74) is 1.41. The second kappa shape index (κ2) is 4.42. The van der Waals surface area contributed by atoms with E-state index in [1.807, 2.05) is 37.3 Å². The Balaban J connectivity index is 2.22. The number of hydrogen-bond acceptors (Lipinski definition) is 2. The number of benzene rings is 1. The zero-order valence-corrected chi connectivity index (χ0v) is 9.50. The quantitative estimate of drug-likeness (QED) is 0.807. The van der Waals surface area contributed by atoms with Crippen molar-refractivity contribution in [3.05, 3.63) is 42.0 Å². The van der Waals surface area contributed by atoms with Gasteiger partial charge < -0.3 is 5.11 Å². The lowest BCUT2D eigenvalue weighted by molar-refractivity contribution is -0.139. The van der Waals surface area contributed by atoms with Crippen LogP contribution in [-0.4, -0.2) is 11.1 Å². The first-order valence-corrected chi connectivity index (χ1v) is 5.55. The summed E-state index contributed by atoms with van der Waals surface area (Å²) in [6.45, 7) is 1.90. The molecule has 1 aromatic rings. The van der Waals surface area contributed by atoms with Crippen LogP contribution in [-0.2, 0) is 4.79 Å². The van der Waals surface area contributed by atoms with E-state index in [2.05, 4.69) is 6.07 Å². The van der Waals surface area contributed by atoms with E-state index in [0.29, 0.717) is 5.57 Å². The van der Waals surface area contributed by atoms with Crippen molar-refractivity contribution in [2.24, 2.45) is 17.8 Å². The zero-order valence-electron chi connectivity index (χ0n) is 9.50. The number of rotatable bonds is 3. The van der Waals surface area contributed by atoms with Gasteiger partial charge >= 0.3 is 5.97 Å². The largest absolute Gasteiger partial charge is 0.481 e. The topological polar surface area (TPSA) is 61.1 Å². The molecule has 86 valence electrons. The van der Waals surface area contributed by atoms with Crippen LogP contribution >= 0.6 is 0 Å². The average molecular weight is 227 g/mol. The number of nitriles is 1. The van der Waals surface area contributed by atoms with E-state index in [1.54, 1.807) is 6.08 Å². The number of allylic oxidation sites excluding steroid dienone is 2. The molecule has 1 aliphatic carbocycles. The maximum Gasteiger partial charge on any atom is 0.307 e. The molecule has 0 saturated heterocycles. The van der Waals surface area contributed by atoms with Crippen LogP contribution in [0, 0.1) is 29.1 Å². The lowest BCUT2D eigenvalue weighted by Gasteiger charge is -1.97. The van der Waals surface area contributed by atoms with E-state index in [0.717, 1.165) is 5.56 Å². The highest BCUT2D eigenvalue weighted by Gasteiger charge is 2.50. The highest BCUT2D eigenvalue weighted by molar-refractivity contribution is 5.80. The van der Waals surface area contributed by atoms with Crippen LogP contribution in [0.5, 0.6) is 0 Å². The van der Waals surface area contributed by atoms with E-state index < -0.39 is 5.97 Å². The van der Waals surface area contributed by atoms with Gasteiger partial charge in [0.25, 0.3) is 0 Å². The summed E-state index contributed by atoms with van der Waals surface area (Å²) in [5.74, 6) is -0.993. The number of carboxylic acids is 1. The molecule has 3 nitrogen and oxygen atoms in total. The van der Waals surface area contributed by atoms with Crippen molar-refractivity contribution in [3.8, 4) is 6.07 Å². The molecule has 1 aromatic carbocycles. The van der Waals surface area contributed by atoms with Gasteiger partial charge in [0.2, 0.25) is 0 Å². The molecule has 2 rings (SSSR count). The van der Waals surface area contributed by atoms with Crippen molar-refractivity contribution in [2.45, 2.75) is 6.92 Å². The van der Waals surface area contributed by atoms with Crippen molar-refractivity contribution in [1.82, 2.24) is 0 Å². The van der Waals surface area contributed by atoms with E-state index in [1.165, 1.54) is 0 Å². The fraction of sp³-hybridized carbons (Fsp3) is 0.286. The van der Waals surface area contributed by atoms with Crippen LogP contribution < -0.4 is 0 Å². The van der Waals surface area contributed by atoms with Crippen LogP contribution in [0.25, 0.3) is 5.57 Å². The fourth-order valence-electron chi connectivity index (χ4n) is 2.15. The molecule has 0 bridgehead atoms. The van der Waals surface area contributed by atoms with Gasteiger partial charge in [-0.15, -0.1) is 0 Å². The number of hydrogen-bond donors (Lipinski definition) is 1. The molecule has 1 aliphatic rings. The summed E-state index contributed by atoms with van der Waals surface area (Å²) in [5, 5.41) is 18.0. The Morgan fingerprint density at radius 3 is 2.53 bits per heavy atom. The molecule has 17 heavy (non-hydrogen) atoms. The van der Waals surface area contributed by atoms with Crippen molar-refractivity contribution in [1.29, 1.82) is 5.26 Å². The summed E-state index contributed by atoms with van der Waals surface area (Å²) < 4.78 is 0. The Morgan fingerprint density at radius 2 is 2.06 bits per heavy atom. The molecular weight excluding hydrogens is 214 g/mol. The zero-order chi connectivity index (χ0) is 12.4. The Bertz CT molecular complexity index is 499. The molecule has 1 fully saturated rings. The number of carbonyl (C=O) groups is 1. The van der Waals surface area contributed by atoms with Gasteiger partial charge in [0.1, 0.15) is 0 Å². The molecule has 0 radical (unpaired) electrons. The third kappa shape index (κ3) is 2.21. The molecule has 3 atom stereocenters. The van der Waals surface area contributed by atoms with Gasteiger partial charge in [-0.05, 0) is 17.4 Å². The molecule has 3 heteroatoms. The molecule has 0 aliphatic heterocycles. The lowest BCUT2D eigenvalue weighted by atomic mass is 10.1. The molecular formula is C14H13NO2. The second-order valence-electron chi connectivity index (χ2n) is 4.36. The van der Waals surface area contributed by atoms with Gasteiger partial charge in [0.05, 0.1) is 17.6 Å². The Morgan fingerprint density at radius 1 is 1.41 bits per heavy atom. The van der Waals surface area contributed by atoms with Crippen molar-refractivity contribution >= 4 is 11.5 Å². The average Bonchev–Trinajstić information content (AvgIpc) is 2.98. The lowest BCUT2D eigenvalue weighted by Crippen LogP contribution is -1.99. The second-order valence-corrected chi connectivity index (χ2v) is 4.36. The van der Waals surface area contributed by atoms with Gasteiger partial charge in [0.15, 0.2) is 0 Å². The monoisotopic (exact) mass is 227 g/mol. The molecule has 3 unspecified atom stereocenters. The fourth-order valence-corrected chi connectivity index (χ4v) is 2.15. The van der Waals surface area contributed by atoms with E-state index >= 15 is 0 Å². The highest BCUT2D eigenvalue weighted by atomic mass is 16.4. The van der Waals surface area contributed by atoms with Crippen LogP contribution in [0.2, 0.25) is 0 Å². The van der Waals surface area contributed by atoms with Crippen LogP contribution in [0.15, 0.2) is 36.4 Å². The normalized spacial score (nSPS) is 27.3. The minimum Gasteiger partial charge on any atom is -0.481 e. The Labute approximate surface area is 100 Å². The minimum atomic E-state index is -0.774. The van der Waals surface area contributed by atoms with Crippen LogP contribution in [0.1, 0.15) is 12.5 Å². The van der Waals surface area contributed by atoms with Crippen LogP contribution in [0.3, 0.4) is 0 Å². The predicted molar refractivity (Wildman–Crippen MR) is 63.8 cm³/mol. The van der Waals surface area contributed by atoms with Gasteiger partial charge in [-0.2, -0.15) is 5.26 Å². The molecule has 1 saturated carbocycles. The Hall–Kier alpha value is -2.08. The van der Waals surface area contributed by atoms with Crippen molar-refractivity contribution in [2.75, 3.05) is 0 Å². The van der Waals surface area contributed by atoms with Gasteiger partial charge in [-0.3, -0.25) is 4.79 Å². The van der Waals surface area contributed by atoms with Gasteiger partial charge in [-0.25, -0.2) is 0 Å². The first kappa shape index (κ1) is 11.4. The van der Waals surface area contributed by atoms with Crippen LogP contribution in [0.4, 0.5) is 0 Å². The third-order valence-electron chi connectivity index (χ3n) is 3.30. The molecule has 0 aromatic heterocycles.